The molecule has 4 nitrogen and oxygen atoms in total. The Hall–Kier alpha value is -1.68. The zero-order valence-electron chi connectivity index (χ0n) is 12.3. The van der Waals surface area contributed by atoms with Gasteiger partial charge in [0.25, 0.3) is 5.91 Å². The van der Waals surface area contributed by atoms with E-state index in [9.17, 15) is 14.7 Å². The van der Waals surface area contributed by atoms with E-state index in [0.717, 1.165) is 24.1 Å². The lowest BCUT2D eigenvalue weighted by molar-refractivity contribution is -0.141. The molecule has 0 spiro atoms. The molecule has 1 aromatic carbocycles. The average molecular weight is 275 g/mol. The van der Waals surface area contributed by atoms with Crippen LogP contribution in [0.1, 0.15) is 44.2 Å². The number of benzene rings is 1. The molecule has 108 valence electrons. The van der Waals surface area contributed by atoms with E-state index >= 15 is 0 Å². The standard InChI is InChI=1S/C16H21NO3/c1-4-5-9-17-14-11(2)7-6-8-13(14)16(20,15(17)19)10-12(3)18/h6-8,20H,4-5,9-10H2,1-3H3. The van der Waals surface area contributed by atoms with Crippen LogP contribution in [0.2, 0.25) is 0 Å². The van der Waals surface area contributed by atoms with Crippen molar-refractivity contribution in [1.82, 2.24) is 0 Å². The quantitative estimate of drug-likeness (QED) is 0.897. The minimum atomic E-state index is -1.69. The number of carbonyl (C=O) groups excluding carboxylic acids is 2. The highest BCUT2D eigenvalue weighted by Gasteiger charge is 2.50. The first-order chi connectivity index (χ1) is 9.41. The summed E-state index contributed by atoms with van der Waals surface area (Å²) in [6.45, 7) is 5.95. The molecule has 1 aliphatic heterocycles. The summed E-state index contributed by atoms with van der Waals surface area (Å²) in [5, 5.41) is 10.8. The molecule has 1 heterocycles. The van der Waals surface area contributed by atoms with Gasteiger partial charge in [0.15, 0.2) is 5.60 Å². The Balaban J connectivity index is 2.52. The van der Waals surface area contributed by atoms with Crippen molar-refractivity contribution in [3.8, 4) is 0 Å². The van der Waals surface area contributed by atoms with Gasteiger partial charge in [0.1, 0.15) is 5.78 Å². The Kier molecular flexibility index (Phi) is 3.95. The van der Waals surface area contributed by atoms with Crippen LogP contribution in [0.25, 0.3) is 0 Å². The van der Waals surface area contributed by atoms with Crippen LogP contribution in [-0.2, 0) is 15.2 Å². The molecule has 0 saturated carbocycles. The molecular weight excluding hydrogens is 254 g/mol. The molecule has 1 atom stereocenters. The normalized spacial score (nSPS) is 21.2. The lowest BCUT2D eigenvalue weighted by Crippen LogP contribution is -2.42. The highest BCUT2D eigenvalue weighted by molar-refractivity contribution is 6.09. The van der Waals surface area contributed by atoms with E-state index in [1.807, 2.05) is 19.1 Å². The van der Waals surface area contributed by atoms with Crippen molar-refractivity contribution in [3.63, 3.8) is 0 Å². The number of unbranched alkanes of at least 4 members (excludes halogenated alkanes) is 1. The smallest absolute Gasteiger partial charge is 0.264 e. The Labute approximate surface area is 119 Å². The first-order valence-corrected chi connectivity index (χ1v) is 7.05. The average Bonchev–Trinajstić information content (AvgIpc) is 2.58. The van der Waals surface area contributed by atoms with E-state index in [-0.39, 0.29) is 18.1 Å². The predicted molar refractivity (Wildman–Crippen MR) is 77.6 cm³/mol. The van der Waals surface area contributed by atoms with Gasteiger partial charge in [-0.2, -0.15) is 0 Å². The van der Waals surface area contributed by atoms with Crippen LogP contribution in [0.15, 0.2) is 18.2 Å². The van der Waals surface area contributed by atoms with E-state index < -0.39 is 5.60 Å². The summed E-state index contributed by atoms with van der Waals surface area (Å²) in [6.07, 6.45) is 1.68. The summed E-state index contributed by atoms with van der Waals surface area (Å²) in [5.74, 6) is -0.559. The molecular formula is C16H21NO3. The zero-order valence-corrected chi connectivity index (χ0v) is 12.3. The molecule has 1 N–H and O–H groups in total. The molecule has 0 aliphatic carbocycles. The third-order valence-electron chi connectivity index (χ3n) is 3.79. The molecule has 1 aromatic rings. The van der Waals surface area contributed by atoms with Crippen LogP contribution in [-0.4, -0.2) is 23.3 Å². The number of nitrogens with zero attached hydrogens (tertiary/aromatic N) is 1. The lowest BCUT2D eigenvalue weighted by Gasteiger charge is -2.22. The van der Waals surface area contributed by atoms with E-state index in [1.54, 1.807) is 11.0 Å². The number of Topliss-reactive ketones (excluding diaryl/α,β-unsaturated/α-hetero) is 1. The molecule has 0 bridgehead atoms. The molecule has 2 rings (SSSR count). The molecule has 4 heteroatoms. The maximum atomic E-state index is 12.6. The first kappa shape index (κ1) is 14.7. The number of rotatable bonds is 5. The van der Waals surface area contributed by atoms with Crippen LogP contribution in [0.5, 0.6) is 0 Å². The van der Waals surface area contributed by atoms with Gasteiger partial charge in [-0.05, 0) is 25.8 Å². The van der Waals surface area contributed by atoms with Crippen LogP contribution in [0.4, 0.5) is 5.69 Å². The molecule has 0 saturated heterocycles. The second-order valence-electron chi connectivity index (χ2n) is 5.52. The fourth-order valence-corrected chi connectivity index (χ4v) is 2.85. The topological polar surface area (TPSA) is 57.6 Å². The number of carbonyl (C=O) groups is 2. The SMILES string of the molecule is CCCCN1C(=O)C(O)(CC(C)=O)c2cccc(C)c21. The maximum absolute atomic E-state index is 12.6. The van der Waals surface area contributed by atoms with E-state index in [2.05, 4.69) is 6.92 Å². The van der Waals surface area contributed by atoms with Crippen molar-refractivity contribution in [2.75, 3.05) is 11.4 Å². The summed E-state index contributed by atoms with van der Waals surface area (Å²) >= 11 is 0. The third-order valence-corrected chi connectivity index (χ3v) is 3.79. The lowest BCUT2D eigenvalue weighted by atomic mass is 9.89. The van der Waals surface area contributed by atoms with Crippen LogP contribution in [0.3, 0.4) is 0 Å². The molecule has 1 unspecified atom stereocenters. The van der Waals surface area contributed by atoms with Gasteiger partial charge >= 0.3 is 0 Å². The first-order valence-electron chi connectivity index (χ1n) is 7.05. The van der Waals surface area contributed by atoms with Crippen molar-refractivity contribution < 1.29 is 14.7 Å². The number of hydrogen-bond acceptors (Lipinski definition) is 3. The van der Waals surface area contributed by atoms with Gasteiger partial charge in [0.2, 0.25) is 0 Å². The number of hydrogen-bond donors (Lipinski definition) is 1. The highest BCUT2D eigenvalue weighted by atomic mass is 16.3. The van der Waals surface area contributed by atoms with Gasteiger partial charge in [-0.3, -0.25) is 9.59 Å². The number of ketones is 1. The second kappa shape index (κ2) is 5.37. The molecule has 1 amide bonds. The van der Waals surface area contributed by atoms with Gasteiger partial charge in [-0.1, -0.05) is 31.5 Å². The zero-order chi connectivity index (χ0) is 14.9. The number of para-hydroxylation sites is 1. The summed E-state index contributed by atoms with van der Waals surface area (Å²) in [7, 11) is 0. The summed E-state index contributed by atoms with van der Waals surface area (Å²) in [4.78, 5) is 25.7. The van der Waals surface area contributed by atoms with Crippen molar-refractivity contribution >= 4 is 17.4 Å². The van der Waals surface area contributed by atoms with Crippen molar-refractivity contribution in [2.24, 2.45) is 0 Å². The Morgan fingerprint density at radius 2 is 2.10 bits per heavy atom. The third kappa shape index (κ3) is 2.24. The van der Waals surface area contributed by atoms with Gasteiger partial charge in [0, 0.05) is 18.5 Å². The minimum absolute atomic E-state index is 0.162. The number of aryl methyl sites for hydroxylation is 1. The Morgan fingerprint density at radius 3 is 2.70 bits per heavy atom. The number of amides is 1. The highest BCUT2D eigenvalue weighted by Crippen LogP contribution is 2.44. The van der Waals surface area contributed by atoms with Crippen molar-refractivity contribution in [3.05, 3.63) is 29.3 Å². The summed E-state index contributed by atoms with van der Waals surface area (Å²) < 4.78 is 0. The number of aliphatic hydroxyl groups is 1. The monoisotopic (exact) mass is 275 g/mol. The van der Waals surface area contributed by atoms with Crippen LogP contribution in [0, 0.1) is 6.92 Å². The fraction of sp³-hybridized carbons (Fsp3) is 0.500. The molecule has 0 fully saturated rings. The Bertz CT molecular complexity index is 553. The van der Waals surface area contributed by atoms with E-state index in [0.29, 0.717) is 12.1 Å². The predicted octanol–water partition coefficient (Wildman–Crippen LogP) is 2.31. The molecule has 0 aromatic heterocycles. The summed E-state index contributed by atoms with van der Waals surface area (Å²) in [5.41, 5.74) is 0.593. The molecule has 1 aliphatic rings. The van der Waals surface area contributed by atoms with Crippen LogP contribution >= 0.6 is 0 Å². The second-order valence-corrected chi connectivity index (χ2v) is 5.52. The van der Waals surface area contributed by atoms with E-state index in [4.69, 9.17) is 0 Å². The maximum Gasteiger partial charge on any atom is 0.264 e. The molecule has 0 radical (unpaired) electrons. The van der Waals surface area contributed by atoms with Gasteiger partial charge < -0.3 is 10.0 Å². The van der Waals surface area contributed by atoms with Gasteiger partial charge in [0.05, 0.1) is 5.69 Å². The van der Waals surface area contributed by atoms with Crippen LogP contribution < -0.4 is 4.90 Å². The molecule has 20 heavy (non-hydrogen) atoms. The van der Waals surface area contributed by atoms with Crippen molar-refractivity contribution in [1.29, 1.82) is 0 Å². The number of fused-ring (bicyclic) bond motifs is 1. The largest absolute Gasteiger partial charge is 0.375 e. The van der Waals surface area contributed by atoms with E-state index in [1.165, 1.54) is 6.92 Å². The minimum Gasteiger partial charge on any atom is -0.375 e. The van der Waals surface area contributed by atoms with Gasteiger partial charge in [-0.15, -0.1) is 0 Å². The fourth-order valence-electron chi connectivity index (χ4n) is 2.85. The van der Waals surface area contributed by atoms with Crippen molar-refractivity contribution in [2.45, 2.75) is 45.6 Å². The Morgan fingerprint density at radius 1 is 1.40 bits per heavy atom. The summed E-state index contributed by atoms with van der Waals surface area (Å²) in [6, 6.07) is 5.48. The van der Waals surface area contributed by atoms with Gasteiger partial charge in [-0.25, -0.2) is 0 Å². The number of anilines is 1.